The van der Waals surface area contributed by atoms with Gasteiger partial charge in [0.1, 0.15) is 7.85 Å². The number of benzene rings is 3. The summed E-state index contributed by atoms with van der Waals surface area (Å²) in [7, 11) is 2.10. The van der Waals surface area contributed by atoms with Crippen molar-refractivity contribution < 1.29 is 0 Å². The Kier molecular flexibility index (Phi) is 3.55. The predicted octanol–water partition coefficient (Wildman–Crippen LogP) is 3.36. The molecule has 3 aromatic rings. The van der Waals surface area contributed by atoms with Gasteiger partial charge in [0.2, 0.25) is 0 Å². The second-order valence-electron chi connectivity index (χ2n) is 4.93. The molecule has 0 aliphatic rings. The molecule has 0 fully saturated rings. The third-order valence-electron chi connectivity index (χ3n) is 3.33. The molecule has 0 bridgehead atoms. The SMILES string of the molecule is Bc1ccc(Nc2ccc(-c3ccccc3)cc2)cc1. The number of hydrogen-bond donors (Lipinski definition) is 1. The highest BCUT2D eigenvalue weighted by Crippen LogP contribution is 2.22. The second-order valence-corrected chi connectivity index (χ2v) is 4.93. The van der Waals surface area contributed by atoms with Crippen LogP contribution in [-0.4, -0.2) is 7.85 Å². The average Bonchev–Trinajstić information content (AvgIpc) is 2.51. The van der Waals surface area contributed by atoms with Crippen molar-refractivity contribution >= 4 is 24.7 Å². The van der Waals surface area contributed by atoms with Crippen molar-refractivity contribution in [3.8, 4) is 11.1 Å². The molecule has 3 rings (SSSR count). The van der Waals surface area contributed by atoms with Gasteiger partial charge in [-0.3, -0.25) is 0 Å². The highest BCUT2D eigenvalue weighted by Gasteiger charge is 1.98. The van der Waals surface area contributed by atoms with Gasteiger partial charge in [0, 0.05) is 11.4 Å². The molecule has 3 aromatic carbocycles. The predicted molar refractivity (Wildman–Crippen MR) is 89.8 cm³/mol. The van der Waals surface area contributed by atoms with Crippen LogP contribution in [0.25, 0.3) is 11.1 Å². The third-order valence-corrected chi connectivity index (χ3v) is 3.33. The summed E-state index contributed by atoms with van der Waals surface area (Å²) in [6, 6.07) is 27.4. The van der Waals surface area contributed by atoms with Crippen molar-refractivity contribution in [3.05, 3.63) is 78.9 Å². The van der Waals surface area contributed by atoms with Crippen LogP contribution in [0.2, 0.25) is 0 Å². The molecule has 96 valence electrons. The van der Waals surface area contributed by atoms with Crippen LogP contribution in [-0.2, 0) is 0 Å². The van der Waals surface area contributed by atoms with Crippen LogP contribution >= 0.6 is 0 Å². The third kappa shape index (κ3) is 2.91. The van der Waals surface area contributed by atoms with Crippen LogP contribution in [0.15, 0.2) is 78.9 Å². The zero-order chi connectivity index (χ0) is 13.8. The molecule has 1 nitrogen and oxygen atoms in total. The molecule has 0 aliphatic carbocycles. The molecule has 0 saturated carbocycles. The van der Waals surface area contributed by atoms with Crippen molar-refractivity contribution in [2.24, 2.45) is 0 Å². The Hall–Kier alpha value is -2.48. The topological polar surface area (TPSA) is 12.0 Å². The van der Waals surface area contributed by atoms with Gasteiger partial charge in [-0.15, -0.1) is 0 Å². The van der Waals surface area contributed by atoms with Gasteiger partial charge in [-0.25, -0.2) is 0 Å². The smallest absolute Gasteiger partial charge is 0.139 e. The first-order valence-electron chi connectivity index (χ1n) is 6.80. The molecule has 0 aliphatic heterocycles. The van der Waals surface area contributed by atoms with Crippen LogP contribution in [0.4, 0.5) is 11.4 Å². The Morgan fingerprint density at radius 1 is 0.550 bits per heavy atom. The van der Waals surface area contributed by atoms with Gasteiger partial charge in [0.25, 0.3) is 0 Å². The monoisotopic (exact) mass is 257 g/mol. The molecule has 0 amide bonds. The lowest BCUT2D eigenvalue weighted by atomic mass is 9.96. The van der Waals surface area contributed by atoms with Gasteiger partial charge >= 0.3 is 0 Å². The van der Waals surface area contributed by atoms with E-state index in [0.717, 1.165) is 11.4 Å². The van der Waals surface area contributed by atoms with Gasteiger partial charge in [-0.1, -0.05) is 60.1 Å². The number of anilines is 2. The van der Waals surface area contributed by atoms with Crippen molar-refractivity contribution in [1.82, 2.24) is 0 Å². The molecule has 0 radical (unpaired) electrons. The summed E-state index contributed by atoms with van der Waals surface area (Å²) in [5.74, 6) is 0. The maximum atomic E-state index is 3.41. The summed E-state index contributed by atoms with van der Waals surface area (Å²) in [5, 5.41) is 3.41. The molecule has 0 heterocycles. The van der Waals surface area contributed by atoms with Gasteiger partial charge in [0.05, 0.1) is 0 Å². The van der Waals surface area contributed by atoms with E-state index in [0.29, 0.717) is 0 Å². The van der Waals surface area contributed by atoms with Crippen LogP contribution in [0.1, 0.15) is 0 Å². The molecule has 0 aromatic heterocycles. The van der Waals surface area contributed by atoms with Crippen molar-refractivity contribution in [2.75, 3.05) is 5.32 Å². The molecule has 0 spiro atoms. The Morgan fingerprint density at radius 3 is 1.65 bits per heavy atom. The zero-order valence-electron chi connectivity index (χ0n) is 11.5. The van der Waals surface area contributed by atoms with Crippen LogP contribution in [0.3, 0.4) is 0 Å². The van der Waals surface area contributed by atoms with Crippen molar-refractivity contribution in [1.29, 1.82) is 0 Å². The van der Waals surface area contributed by atoms with E-state index in [1.807, 2.05) is 6.07 Å². The van der Waals surface area contributed by atoms with Gasteiger partial charge in [0.15, 0.2) is 0 Å². The quantitative estimate of drug-likeness (QED) is 0.709. The number of rotatable bonds is 3. The lowest BCUT2D eigenvalue weighted by molar-refractivity contribution is 1.55. The normalized spacial score (nSPS) is 10.2. The fourth-order valence-electron chi connectivity index (χ4n) is 2.18. The summed E-state index contributed by atoms with van der Waals surface area (Å²) in [5.41, 5.74) is 5.97. The van der Waals surface area contributed by atoms with E-state index < -0.39 is 0 Å². The molecule has 0 unspecified atom stereocenters. The van der Waals surface area contributed by atoms with E-state index in [4.69, 9.17) is 0 Å². The Bertz CT molecular complexity index is 673. The molecule has 0 saturated heterocycles. The molecular formula is C18H16BN. The Morgan fingerprint density at radius 2 is 1.05 bits per heavy atom. The lowest BCUT2D eigenvalue weighted by Gasteiger charge is -2.08. The molecule has 2 heteroatoms. The van der Waals surface area contributed by atoms with E-state index in [1.54, 1.807) is 0 Å². The largest absolute Gasteiger partial charge is 0.356 e. The lowest BCUT2D eigenvalue weighted by Crippen LogP contribution is -2.00. The summed E-state index contributed by atoms with van der Waals surface area (Å²) < 4.78 is 0. The molecular weight excluding hydrogens is 241 g/mol. The minimum Gasteiger partial charge on any atom is -0.356 e. The van der Waals surface area contributed by atoms with E-state index in [1.165, 1.54) is 16.6 Å². The van der Waals surface area contributed by atoms with Crippen LogP contribution in [0.5, 0.6) is 0 Å². The minimum atomic E-state index is 1.11. The van der Waals surface area contributed by atoms with Crippen LogP contribution < -0.4 is 10.8 Å². The minimum absolute atomic E-state index is 1.11. The summed E-state index contributed by atoms with van der Waals surface area (Å²) >= 11 is 0. The molecule has 0 atom stereocenters. The first-order chi connectivity index (χ1) is 9.81. The highest BCUT2D eigenvalue weighted by molar-refractivity contribution is 6.32. The standard InChI is InChI=1S/C18H16BN/c19-16-8-12-18(13-9-16)20-17-10-6-15(7-11-17)14-4-2-1-3-5-14/h1-13,20H,19H2. The van der Waals surface area contributed by atoms with Gasteiger partial charge in [-0.2, -0.15) is 0 Å². The summed E-state index contributed by atoms with van der Waals surface area (Å²) in [4.78, 5) is 0. The van der Waals surface area contributed by atoms with Gasteiger partial charge in [-0.05, 0) is 35.4 Å². The number of hydrogen-bond acceptors (Lipinski definition) is 1. The Balaban J connectivity index is 1.78. The fourth-order valence-corrected chi connectivity index (χ4v) is 2.18. The van der Waals surface area contributed by atoms with Crippen molar-refractivity contribution in [2.45, 2.75) is 0 Å². The maximum absolute atomic E-state index is 3.41. The fraction of sp³-hybridized carbons (Fsp3) is 0. The van der Waals surface area contributed by atoms with E-state index in [2.05, 4.69) is 86.0 Å². The number of nitrogens with one attached hydrogen (secondary N) is 1. The molecule has 20 heavy (non-hydrogen) atoms. The average molecular weight is 257 g/mol. The zero-order valence-corrected chi connectivity index (χ0v) is 11.5. The second kappa shape index (κ2) is 5.66. The van der Waals surface area contributed by atoms with E-state index >= 15 is 0 Å². The summed E-state index contributed by atoms with van der Waals surface area (Å²) in [6.45, 7) is 0. The van der Waals surface area contributed by atoms with E-state index in [9.17, 15) is 0 Å². The highest BCUT2D eigenvalue weighted by atomic mass is 14.9. The maximum Gasteiger partial charge on any atom is 0.139 e. The first kappa shape index (κ1) is 12.6. The van der Waals surface area contributed by atoms with E-state index in [-0.39, 0.29) is 0 Å². The van der Waals surface area contributed by atoms with Crippen LogP contribution in [0, 0.1) is 0 Å². The van der Waals surface area contributed by atoms with Gasteiger partial charge < -0.3 is 5.32 Å². The first-order valence-corrected chi connectivity index (χ1v) is 6.80. The summed E-state index contributed by atoms with van der Waals surface area (Å²) in [6.07, 6.45) is 0. The Labute approximate surface area is 120 Å². The molecule has 1 N–H and O–H groups in total. The van der Waals surface area contributed by atoms with Crippen molar-refractivity contribution in [3.63, 3.8) is 0 Å².